The molecule has 2 unspecified atom stereocenters. The first-order chi connectivity index (χ1) is 10.4. The van der Waals surface area contributed by atoms with Crippen molar-refractivity contribution in [3.63, 3.8) is 0 Å². The molecule has 12 heteroatoms. The molecule has 0 aromatic heterocycles. The molecule has 0 aliphatic carbocycles. The van der Waals surface area contributed by atoms with Gasteiger partial charge in [0, 0.05) is 0 Å². The van der Waals surface area contributed by atoms with Gasteiger partial charge in [-0.2, -0.15) is 0 Å². The van der Waals surface area contributed by atoms with Gasteiger partial charge in [-0.25, -0.2) is 14.4 Å². The zero-order valence-corrected chi connectivity index (χ0v) is 15.1. The molecule has 0 amide bonds. The van der Waals surface area contributed by atoms with Crippen LogP contribution in [0.3, 0.4) is 0 Å². The third-order valence-corrected chi connectivity index (χ3v) is 2.38. The molecule has 0 saturated carbocycles. The Morgan fingerprint density at radius 3 is 1.42 bits per heavy atom. The Morgan fingerprint density at radius 1 is 0.917 bits per heavy atom. The summed E-state index contributed by atoms with van der Waals surface area (Å²) in [5, 5.41) is 36.3. The zero-order chi connectivity index (χ0) is 18.4. The Balaban J connectivity index is -0.000000807. The van der Waals surface area contributed by atoms with Gasteiger partial charge in [0.05, 0.1) is 12.8 Å². The van der Waals surface area contributed by atoms with Crippen LogP contribution in [-0.2, 0) is 33.4 Å². The largest absolute Gasteiger partial charge is 2.00 e. The van der Waals surface area contributed by atoms with E-state index in [9.17, 15) is 29.1 Å². The molecular weight excluding hydrogens is 360 g/mol. The van der Waals surface area contributed by atoms with Gasteiger partial charge in [0.2, 0.25) is 0 Å². The maximum atomic E-state index is 11.4. The summed E-state index contributed by atoms with van der Waals surface area (Å²) in [6.45, 7) is 1.97. The van der Waals surface area contributed by atoms with Gasteiger partial charge in [0.15, 0.2) is 5.60 Å². The monoisotopic (exact) mass is 378 g/mol. The Kier molecular flexibility index (Phi) is 11.2. The first-order valence-electron chi connectivity index (χ1n) is 6.20. The van der Waals surface area contributed by atoms with Gasteiger partial charge in [0.1, 0.15) is 12.2 Å². The van der Waals surface area contributed by atoms with Crippen LogP contribution in [0.25, 0.3) is 0 Å². The molecule has 0 radical (unpaired) electrons. The molecule has 0 aromatic carbocycles. The predicted molar refractivity (Wildman–Crippen MR) is 75.4 cm³/mol. The minimum atomic E-state index is -3.01. The van der Waals surface area contributed by atoms with Gasteiger partial charge >= 0.3 is 67.6 Å². The average molecular weight is 378 g/mol. The van der Waals surface area contributed by atoms with E-state index in [0.717, 1.165) is 13.8 Å². The van der Waals surface area contributed by atoms with E-state index in [4.69, 9.17) is 15.3 Å². The van der Waals surface area contributed by atoms with Crippen molar-refractivity contribution < 1.29 is 56.7 Å². The second-order valence-corrected chi connectivity index (χ2v) is 4.63. The van der Waals surface area contributed by atoms with E-state index < -0.39 is 60.5 Å². The van der Waals surface area contributed by atoms with Crippen LogP contribution in [0.4, 0.5) is 0 Å². The van der Waals surface area contributed by atoms with E-state index in [1.165, 1.54) is 0 Å². The number of hydrogen-bond donors (Lipinski definition) is 4. The number of carbonyl (C=O) groups is 5. The van der Waals surface area contributed by atoms with E-state index in [1.54, 1.807) is 0 Å². The van der Waals surface area contributed by atoms with Crippen LogP contribution >= 0.6 is 0 Å². The van der Waals surface area contributed by atoms with Crippen molar-refractivity contribution in [3.05, 3.63) is 0 Å². The van der Waals surface area contributed by atoms with E-state index in [1.807, 2.05) is 0 Å². The van der Waals surface area contributed by atoms with Gasteiger partial charge in [-0.3, -0.25) is 9.59 Å². The van der Waals surface area contributed by atoms with Crippen LogP contribution in [0.5, 0.6) is 0 Å². The van der Waals surface area contributed by atoms with E-state index in [0.29, 0.717) is 0 Å². The molecule has 134 valence electrons. The average Bonchev–Trinajstić information content (AvgIpc) is 2.37. The quantitative estimate of drug-likeness (QED) is 0.206. The first-order valence-corrected chi connectivity index (χ1v) is 6.20. The molecule has 0 bridgehead atoms. The fraction of sp³-hybridized carbons (Fsp3) is 0.583. The maximum Gasteiger partial charge on any atom is 2.00 e. The van der Waals surface area contributed by atoms with Crippen molar-refractivity contribution in [3.8, 4) is 0 Å². The predicted octanol–water partition coefficient (Wildman–Crippen LogP) is -2.67. The van der Waals surface area contributed by atoms with Gasteiger partial charge in [-0.05, 0) is 13.8 Å². The van der Waals surface area contributed by atoms with Gasteiger partial charge < -0.3 is 32.8 Å². The molecule has 11 nitrogen and oxygen atoms in total. The molecule has 0 aromatic rings. The number of ether oxygens (including phenoxy) is 2. The number of esters is 4. The van der Waals surface area contributed by atoms with Crippen LogP contribution in [0, 0.1) is 0 Å². The molecule has 0 aliphatic heterocycles. The number of hydrogen-bond acceptors (Lipinski definition) is 10. The van der Waals surface area contributed by atoms with Crippen molar-refractivity contribution in [2.75, 3.05) is 0 Å². The van der Waals surface area contributed by atoms with E-state index in [2.05, 4.69) is 9.47 Å². The molecule has 4 N–H and O–H groups in total. The number of aliphatic hydroxyl groups excluding tert-OH is 2. The fourth-order valence-electron chi connectivity index (χ4n) is 1.16. The van der Waals surface area contributed by atoms with Crippen molar-refractivity contribution in [1.82, 2.24) is 0 Å². The number of carboxylic acid groups (broad SMARTS) is 1. The molecule has 0 heterocycles. The minimum absolute atomic E-state index is 0. The Morgan fingerprint density at radius 2 is 1.21 bits per heavy atom. The summed E-state index contributed by atoms with van der Waals surface area (Å²) in [6, 6.07) is 0. The molecule has 0 fully saturated rings. The smallest absolute Gasteiger partial charge is 1.00 e. The van der Waals surface area contributed by atoms with Crippen LogP contribution in [0.2, 0.25) is 0 Å². The SMILES string of the molecule is CC(O)C(=O)OC(=O)CC(O)(CC(=O)OC(=O)C(C)O)C(=O)O.[Ca+2].[H-].[H-]. The second-order valence-electron chi connectivity index (χ2n) is 4.63. The summed E-state index contributed by atoms with van der Waals surface area (Å²) in [4.78, 5) is 55.6. The first kappa shape index (κ1) is 25.1. The van der Waals surface area contributed by atoms with E-state index in [-0.39, 0.29) is 40.6 Å². The number of carboxylic acids is 1. The number of aliphatic hydroxyl groups is 3. The van der Waals surface area contributed by atoms with Gasteiger partial charge in [-0.15, -0.1) is 0 Å². The molecule has 0 saturated heterocycles. The molecular formula is C12H18CaO11. The number of carbonyl (C=O) groups excluding carboxylic acids is 4. The Hall–Kier alpha value is -1.11. The molecule has 0 aliphatic rings. The number of aliphatic carboxylic acids is 1. The summed E-state index contributed by atoms with van der Waals surface area (Å²) in [6.07, 6.45) is -5.96. The van der Waals surface area contributed by atoms with Crippen molar-refractivity contribution in [2.45, 2.75) is 44.5 Å². The third-order valence-electron chi connectivity index (χ3n) is 2.38. The topological polar surface area (TPSA) is 185 Å². The summed E-state index contributed by atoms with van der Waals surface area (Å²) in [5.74, 6) is -7.81. The van der Waals surface area contributed by atoms with Crippen molar-refractivity contribution >= 4 is 67.6 Å². The van der Waals surface area contributed by atoms with Crippen LogP contribution in [0.15, 0.2) is 0 Å². The summed E-state index contributed by atoms with van der Waals surface area (Å²) in [5.41, 5.74) is -3.01. The van der Waals surface area contributed by atoms with Gasteiger partial charge in [0.25, 0.3) is 0 Å². The summed E-state index contributed by atoms with van der Waals surface area (Å²) in [7, 11) is 0. The minimum Gasteiger partial charge on any atom is -1.00 e. The second kappa shape index (κ2) is 10.7. The Labute approximate surface area is 168 Å². The molecule has 2 atom stereocenters. The van der Waals surface area contributed by atoms with Crippen LogP contribution in [-0.4, -0.2) is 106 Å². The third kappa shape index (κ3) is 8.66. The van der Waals surface area contributed by atoms with Crippen LogP contribution in [0.1, 0.15) is 29.5 Å². The van der Waals surface area contributed by atoms with E-state index >= 15 is 0 Å². The maximum absolute atomic E-state index is 11.4. The number of rotatable bonds is 7. The van der Waals surface area contributed by atoms with Crippen molar-refractivity contribution in [1.29, 1.82) is 0 Å². The van der Waals surface area contributed by atoms with Crippen molar-refractivity contribution in [2.24, 2.45) is 0 Å². The molecule has 0 spiro atoms. The molecule has 0 rings (SSSR count). The standard InChI is InChI=1S/C12H16O11.Ca.2H/c1-5(13)9(17)22-7(15)3-12(21,11(19)20)4-8(16)23-10(18)6(2)14;;;/h5-6,13-14,21H,3-4H2,1-2H3,(H,19,20);;;/q;+2;2*-1. The fourth-order valence-corrected chi connectivity index (χ4v) is 1.16. The van der Waals surface area contributed by atoms with Gasteiger partial charge in [-0.1, -0.05) is 0 Å². The van der Waals surface area contributed by atoms with Crippen LogP contribution < -0.4 is 0 Å². The summed E-state index contributed by atoms with van der Waals surface area (Å²) < 4.78 is 8.10. The zero-order valence-electron chi connectivity index (χ0n) is 14.9. The summed E-state index contributed by atoms with van der Waals surface area (Å²) >= 11 is 0. The molecule has 24 heavy (non-hydrogen) atoms. The Bertz CT molecular complexity index is 485. The normalized spacial score (nSPS) is 15.0.